The summed E-state index contributed by atoms with van der Waals surface area (Å²) in [5, 5.41) is 11.4. The van der Waals surface area contributed by atoms with Crippen LogP contribution in [-0.4, -0.2) is 59.4 Å². The second-order valence-corrected chi connectivity index (χ2v) is 10.0. The Kier molecular flexibility index (Phi) is 8.52. The molecule has 1 aromatic rings. The van der Waals surface area contributed by atoms with Gasteiger partial charge in [0.25, 0.3) is 0 Å². The number of anilines is 1. The molecule has 0 aromatic heterocycles. The quantitative estimate of drug-likeness (QED) is 0.545. The van der Waals surface area contributed by atoms with Crippen molar-refractivity contribution in [1.82, 2.24) is 5.32 Å². The van der Waals surface area contributed by atoms with Crippen molar-refractivity contribution in [1.29, 1.82) is 0 Å². The van der Waals surface area contributed by atoms with Gasteiger partial charge in [-0.15, -0.1) is 0 Å². The number of rotatable bonds is 8. The lowest BCUT2D eigenvalue weighted by molar-refractivity contribution is -0.157. The normalized spacial score (nSPS) is 14.1. The fourth-order valence-corrected chi connectivity index (χ4v) is 3.41. The highest BCUT2D eigenvalue weighted by molar-refractivity contribution is 5.96. The Labute approximate surface area is 199 Å². The van der Waals surface area contributed by atoms with E-state index < -0.39 is 41.9 Å². The van der Waals surface area contributed by atoms with E-state index in [-0.39, 0.29) is 18.7 Å². The van der Waals surface area contributed by atoms with E-state index in [2.05, 4.69) is 5.32 Å². The molecule has 0 bridgehead atoms. The summed E-state index contributed by atoms with van der Waals surface area (Å²) in [6.45, 7) is 10.2. The second-order valence-electron chi connectivity index (χ2n) is 10.0. The number of ether oxygens (including phenoxy) is 3. The lowest BCUT2D eigenvalue weighted by atomic mass is 10.1. The zero-order valence-corrected chi connectivity index (χ0v) is 20.6. The number of carbonyl (C=O) groups is 4. The van der Waals surface area contributed by atoms with Crippen molar-refractivity contribution >= 4 is 29.6 Å². The van der Waals surface area contributed by atoms with Gasteiger partial charge in [-0.2, -0.15) is 0 Å². The molecule has 0 unspecified atom stereocenters. The lowest BCUT2D eigenvalue weighted by Crippen LogP contribution is -2.46. The van der Waals surface area contributed by atoms with E-state index in [1.165, 1.54) is 0 Å². The van der Waals surface area contributed by atoms with Crippen LogP contribution in [0.15, 0.2) is 18.2 Å². The van der Waals surface area contributed by atoms with Gasteiger partial charge in [-0.25, -0.2) is 14.4 Å². The first-order valence-electron chi connectivity index (χ1n) is 11.2. The molecule has 1 aromatic carbocycles. The van der Waals surface area contributed by atoms with E-state index in [1.54, 1.807) is 64.6 Å². The Morgan fingerprint density at radius 2 is 1.71 bits per heavy atom. The minimum atomic E-state index is -1.09. The molecule has 1 aliphatic rings. The van der Waals surface area contributed by atoms with Crippen LogP contribution in [0.2, 0.25) is 0 Å². The third-order valence-corrected chi connectivity index (χ3v) is 4.67. The SMILES string of the molecule is CC(C)(C)OC(=O)N[C@@H](CCC(=O)N1CCc2c(OCC(=O)O)cccc21)C(=O)OC(C)(C)C. The summed E-state index contributed by atoms with van der Waals surface area (Å²) in [7, 11) is 0. The van der Waals surface area contributed by atoms with Crippen LogP contribution in [0, 0.1) is 0 Å². The van der Waals surface area contributed by atoms with Crippen molar-refractivity contribution in [2.24, 2.45) is 0 Å². The predicted molar refractivity (Wildman–Crippen MR) is 124 cm³/mol. The summed E-state index contributed by atoms with van der Waals surface area (Å²) in [4.78, 5) is 50.3. The summed E-state index contributed by atoms with van der Waals surface area (Å²) >= 11 is 0. The monoisotopic (exact) mass is 478 g/mol. The molecule has 0 radical (unpaired) electrons. The minimum Gasteiger partial charge on any atom is -0.482 e. The van der Waals surface area contributed by atoms with Crippen LogP contribution in [0.25, 0.3) is 0 Å². The van der Waals surface area contributed by atoms with E-state index in [0.29, 0.717) is 24.4 Å². The molecular formula is C24H34N2O8. The zero-order chi connectivity index (χ0) is 25.7. The fourth-order valence-electron chi connectivity index (χ4n) is 3.41. The van der Waals surface area contributed by atoms with Crippen molar-refractivity contribution in [3.8, 4) is 5.75 Å². The van der Waals surface area contributed by atoms with E-state index in [9.17, 15) is 19.2 Å². The first-order valence-corrected chi connectivity index (χ1v) is 11.2. The number of carboxylic acids is 1. The minimum absolute atomic E-state index is 0.0219. The summed E-state index contributed by atoms with van der Waals surface area (Å²) in [6.07, 6.45) is -0.266. The second kappa shape index (κ2) is 10.8. The van der Waals surface area contributed by atoms with Gasteiger partial charge in [-0.05, 0) is 66.5 Å². The van der Waals surface area contributed by atoms with Gasteiger partial charge in [0.2, 0.25) is 5.91 Å². The van der Waals surface area contributed by atoms with Crippen LogP contribution in [-0.2, 0) is 30.3 Å². The highest BCUT2D eigenvalue weighted by atomic mass is 16.6. The van der Waals surface area contributed by atoms with Crippen molar-refractivity contribution in [2.75, 3.05) is 18.1 Å². The number of hydrogen-bond acceptors (Lipinski definition) is 7. The van der Waals surface area contributed by atoms with Crippen LogP contribution < -0.4 is 15.0 Å². The van der Waals surface area contributed by atoms with Gasteiger partial charge in [0.05, 0.1) is 5.69 Å². The van der Waals surface area contributed by atoms with Gasteiger partial charge in [0, 0.05) is 18.5 Å². The zero-order valence-electron chi connectivity index (χ0n) is 20.6. The summed E-state index contributed by atoms with van der Waals surface area (Å²) in [5.74, 6) is -1.56. The van der Waals surface area contributed by atoms with Gasteiger partial charge in [0.1, 0.15) is 23.0 Å². The number of alkyl carbamates (subject to hydrolysis) is 1. The molecule has 2 N–H and O–H groups in total. The molecular weight excluding hydrogens is 444 g/mol. The molecule has 1 atom stereocenters. The summed E-state index contributed by atoms with van der Waals surface area (Å²) in [6, 6.07) is 4.05. The largest absolute Gasteiger partial charge is 0.482 e. The number of carboxylic acid groups (broad SMARTS) is 1. The van der Waals surface area contributed by atoms with Crippen molar-refractivity contribution < 1.29 is 38.5 Å². The standard InChI is InChI=1S/C24H34N2O8/c1-23(2,3)33-21(30)16(25-22(31)34-24(4,5)6)10-11-19(27)26-13-12-15-17(26)8-7-9-18(15)32-14-20(28)29/h7-9,16H,10-14H2,1-6H3,(H,25,31)(H,28,29)/t16-/m0/s1. The molecule has 0 spiro atoms. The maximum Gasteiger partial charge on any atom is 0.408 e. The highest BCUT2D eigenvalue weighted by Gasteiger charge is 2.32. The number of esters is 1. The molecule has 34 heavy (non-hydrogen) atoms. The maximum absolute atomic E-state index is 13.0. The van der Waals surface area contributed by atoms with E-state index in [0.717, 1.165) is 5.56 Å². The number of carbonyl (C=O) groups excluding carboxylic acids is 3. The molecule has 0 fully saturated rings. The molecule has 2 amide bonds. The van der Waals surface area contributed by atoms with Gasteiger partial charge in [-0.1, -0.05) is 6.07 Å². The molecule has 1 aliphatic heterocycles. The van der Waals surface area contributed by atoms with Crippen LogP contribution in [0.3, 0.4) is 0 Å². The number of fused-ring (bicyclic) bond motifs is 1. The summed E-state index contributed by atoms with van der Waals surface area (Å²) < 4.78 is 16.0. The topological polar surface area (TPSA) is 131 Å². The first kappa shape index (κ1) is 26.9. The molecule has 0 saturated carbocycles. The van der Waals surface area contributed by atoms with Crippen molar-refractivity contribution in [3.05, 3.63) is 23.8 Å². The summed E-state index contributed by atoms with van der Waals surface area (Å²) in [5.41, 5.74) is -0.123. The Balaban J connectivity index is 2.09. The number of benzene rings is 1. The number of nitrogens with one attached hydrogen (secondary N) is 1. The third-order valence-electron chi connectivity index (χ3n) is 4.67. The van der Waals surface area contributed by atoms with Crippen molar-refractivity contribution in [3.63, 3.8) is 0 Å². The Morgan fingerprint density at radius 1 is 1.06 bits per heavy atom. The highest BCUT2D eigenvalue weighted by Crippen LogP contribution is 2.35. The molecule has 2 rings (SSSR count). The molecule has 0 saturated heterocycles. The Bertz CT molecular complexity index is 930. The fraction of sp³-hybridized carbons (Fsp3) is 0.583. The molecule has 10 heteroatoms. The third kappa shape index (κ3) is 8.24. The van der Waals surface area contributed by atoms with Crippen molar-refractivity contribution in [2.45, 2.75) is 78.0 Å². The molecule has 1 heterocycles. The van der Waals surface area contributed by atoms with E-state index in [1.807, 2.05) is 0 Å². The van der Waals surface area contributed by atoms with Gasteiger partial charge in [0.15, 0.2) is 6.61 Å². The van der Waals surface area contributed by atoms with Gasteiger partial charge >= 0.3 is 18.0 Å². The van der Waals surface area contributed by atoms with E-state index in [4.69, 9.17) is 19.3 Å². The Morgan fingerprint density at radius 3 is 2.29 bits per heavy atom. The number of amides is 2. The average molecular weight is 479 g/mol. The van der Waals surface area contributed by atoms with E-state index >= 15 is 0 Å². The maximum atomic E-state index is 13.0. The number of nitrogens with zero attached hydrogens (tertiary/aromatic N) is 1. The lowest BCUT2D eigenvalue weighted by Gasteiger charge is -2.26. The number of aliphatic carboxylic acids is 1. The average Bonchev–Trinajstić information content (AvgIpc) is 3.11. The first-order chi connectivity index (χ1) is 15.7. The molecule has 10 nitrogen and oxygen atoms in total. The smallest absolute Gasteiger partial charge is 0.408 e. The van der Waals surface area contributed by atoms with Crippen LogP contribution in [0.4, 0.5) is 10.5 Å². The molecule has 0 aliphatic carbocycles. The van der Waals surface area contributed by atoms with Crippen LogP contribution in [0.1, 0.15) is 59.9 Å². The number of hydrogen-bond donors (Lipinski definition) is 2. The Hall–Kier alpha value is -3.30. The van der Waals surface area contributed by atoms with Crippen LogP contribution >= 0.6 is 0 Å². The van der Waals surface area contributed by atoms with Crippen LogP contribution in [0.5, 0.6) is 5.75 Å². The molecule has 188 valence electrons. The predicted octanol–water partition coefficient (Wildman–Crippen LogP) is 3.05. The van der Waals surface area contributed by atoms with Gasteiger partial charge < -0.3 is 29.5 Å². The van der Waals surface area contributed by atoms with Gasteiger partial charge in [-0.3, -0.25) is 4.79 Å².